The molecule has 116 valence electrons. The monoisotopic (exact) mass is 303 g/mol. The molecule has 0 aromatic heterocycles. The molecule has 0 saturated carbocycles. The molecule has 1 heterocycles. The topological polar surface area (TPSA) is 73.2 Å². The van der Waals surface area contributed by atoms with E-state index in [2.05, 4.69) is 5.32 Å². The lowest BCUT2D eigenvalue weighted by Gasteiger charge is -2.32. The zero-order valence-electron chi connectivity index (χ0n) is 12.2. The summed E-state index contributed by atoms with van der Waals surface area (Å²) in [5, 5.41) is 11.2. The summed E-state index contributed by atoms with van der Waals surface area (Å²) in [5.74, 6) is -0.649. The van der Waals surface area contributed by atoms with Crippen molar-refractivity contribution in [3.63, 3.8) is 0 Å². The van der Waals surface area contributed by atoms with E-state index in [0.717, 1.165) is 0 Å². The molecule has 22 heavy (non-hydrogen) atoms. The molecule has 2 rings (SSSR count). The largest absolute Gasteiger partial charge is 0.352 e. The van der Waals surface area contributed by atoms with Crippen LogP contribution in [0, 0.1) is 17.1 Å². The number of hydrogen-bond acceptors (Lipinski definition) is 3. The average Bonchev–Trinajstić information content (AvgIpc) is 2.48. The van der Waals surface area contributed by atoms with Gasteiger partial charge in [-0.2, -0.15) is 5.26 Å². The maximum Gasteiger partial charge on any atom is 0.234 e. The first-order valence-electron chi connectivity index (χ1n) is 7.27. The molecule has 2 amide bonds. The molecular formula is C16H18FN3O2. The van der Waals surface area contributed by atoms with E-state index in [4.69, 9.17) is 5.26 Å². The van der Waals surface area contributed by atoms with Crippen molar-refractivity contribution in [2.45, 2.75) is 31.7 Å². The standard InChI is InChI=1S/C16H18FN3O2/c17-13-3-1-2-12(10-13)11-16(22)20-8-5-14(6-9-20)19-15(21)4-7-18/h1-3,10,14H,4-6,8-9,11H2,(H,19,21). The third-order valence-electron chi connectivity index (χ3n) is 3.70. The van der Waals surface area contributed by atoms with E-state index in [1.54, 1.807) is 17.0 Å². The lowest BCUT2D eigenvalue weighted by Crippen LogP contribution is -2.46. The zero-order valence-corrected chi connectivity index (χ0v) is 12.2. The van der Waals surface area contributed by atoms with E-state index in [1.807, 2.05) is 6.07 Å². The zero-order chi connectivity index (χ0) is 15.9. The average molecular weight is 303 g/mol. The molecule has 1 aromatic rings. The Hall–Kier alpha value is -2.42. The first-order valence-corrected chi connectivity index (χ1v) is 7.27. The molecule has 6 heteroatoms. The Morgan fingerprint density at radius 1 is 1.36 bits per heavy atom. The van der Waals surface area contributed by atoms with E-state index in [1.165, 1.54) is 12.1 Å². The molecule has 1 aromatic carbocycles. The van der Waals surface area contributed by atoms with Crippen LogP contribution < -0.4 is 5.32 Å². The molecule has 0 unspecified atom stereocenters. The van der Waals surface area contributed by atoms with Crippen LogP contribution in [0.3, 0.4) is 0 Å². The molecule has 1 aliphatic heterocycles. The van der Waals surface area contributed by atoms with Gasteiger partial charge in [0.25, 0.3) is 0 Å². The van der Waals surface area contributed by atoms with Crippen LogP contribution >= 0.6 is 0 Å². The number of rotatable bonds is 4. The van der Waals surface area contributed by atoms with Gasteiger partial charge in [0.2, 0.25) is 11.8 Å². The van der Waals surface area contributed by atoms with Crippen molar-refractivity contribution in [1.82, 2.24) is 10.2 Å². The second-order valence-corrected chi connectivity index (χ2v) is 5.36. The second kappa shape index (κ2) is 7.55. The Balaban J connectivity index is 1.80. The third-order valence-corrected chi connectivity index (χ3v) is 3.70. The summed E-state index contributed by atoms with van der Waals surface area (Å²) < 4.78 is 13.1. The van der Waals surface area contributed by atoms with Gasteiger partial charge in [-0.1, -0.05) is 12.1 Å². The molecule has 1 saturated heterocycles. The SMILES string of the molecule is N#CCC(=O)NC1CCN(C(=O)Cc2cccc(F)c2)CC1. The smallest absolute Gasteiger partial charge is 0.234 e. The fraction of sp³-hybridized carbons (Fsp3) is 0.438. The third kappa shape index (κ3) is 4.55. The van der Waals surface area contributed by atoms with Crippen LogP contribution in [0.2, 0.25) is 0 Å². The maximum absolute atomic E-state index is 13.1. The number of benzene rings is 1. The van der Waals surface area contributed by atoms with Gasteiger partial charge >= 0.3 is 0 Å². The highest BCUT2D eigenvalue weighted by atomic mass is 19.1. The van der Waals surface area contributed by atoms with Crippen molar-refractivity contribution in [1.29, 1.82) is 5.26 Å². The lowest BCUT2D eigenvalue weighted by molar-refractivity contribution is -0.131. The quantitative estimate of drug-likeness (QED) is 0.913. The number of carbonyl (C=O) groups is 2. The minimum atomic E-state index is -0.343. The predicted molar refractivity (Wildman–Crippen MR) is 78.1 cm³/mol. The van der Waals surface area contributed by atoms with Crippen molar-refractivity contribution >= 4 is 11.8 Å². The van der Waals surface area contributed by atoms with Gasteiger partial charge in [0.15, 0.2) is 0 Å². The number of nitrogens with zero attached hydrogens (tertiary/aromatic N) is 2. The number of carbonyl (C=O) groups excluding carboxylic acids is 2. The van der Waals surface area contributed by atoms with Gasteiger partial charge in [0.1, 0.15) is 12.2 Å². The van der Waals surface area contributed by atoms with E-state index in [-0.39, 0.29) is 36.5 Å². The Morgan fingerprint density at radius 2 is 2.09 bits per heavy atom. The van der Waals surface area contributed by atoms with E-state index in [0.29, 0.717) is 31.5 Å². The molecule has 0 bridgehead atoms. The summed E-state index contributed by atoms with van der Waals surface area (Å²) in [4.78, 5) is 25.3. The molecule has 5 nitrogen and oxygen atoms in total. The molecule has 0 radical (unpaired) electrons. The van der Waals surface area contributed by atoms with Gasteiger partial charge in [-0.15, -0.1) is 0 Å². The summed E-state index contributed by atoms with van der Waals surface area (Å²) in [6.07, 6.45) is 1.39. The predicted octanol–water partition coefficient (Wildman–Crippen LogP) is 1.39. The van der Waals surface area contributed by atoms with Gasteiger partial charge in [0, 0.05) is 19.1 Å². The fourth-order valence-electron chi connectivity index (χ4n) is 2.56. The molecule has 1 N–H and O–H groups in total. The van der Waals surface area contributed by atoms with Crippen molar-refractivity contribution < 1.29 is 14.0 Å². The molecule has 0 spiro atoms. The highest BCUT2D eigenvalue weighted by molar-refractivity contribution is 5.79. The highest BCUT2D eigenvalue weighted by Crippen LogP contribution is 2.13. The Kier molecular flexibility index (Phi) is 5.48. The normalized spacial score (nSPS) is 15.2. The van der Waals surface area contributed by atoms with E-state index >= 15 is 0 Å². The minimum absolute atomic E-state index is 0.0130. The molecule has 0 atom stereocenters. The second-order valence-electron chi connectivity index (χ2n) is 5.36. The van der Waals surface area contributed by atoms with Crippen molar-refractivity contribution in [2.24, 2.45) is 0 Å². The van der Waals surface area contributed by atoms with Crippen LogP contribution in [-0.2, 0) is 16.0 Å². The number of piperidine rings is 1. The summed E-state index contributed by atoms with van der Waals surface area (Å²) >= 11 is 0. The summed E-state index contributed by atoms with van der Waals surface area (Å²) in [5.41, 5.74) is 0.662. The minimum Gasteiger partial charge on any atom is -0.352 e. The molecule has 1 fully saturated rings. The Labute approximate surface area is 128 Å². The van der Waals surface area contributed by atoms with Gasteiger partial charge in [-0.3, -0.25) is 9.59 Å². The molecular weight excluding hydrogens is 285 g/mol. The molecule has 0 aliphatic carbocycles. The van der Waals surface area contributed by atoms with Gasteiger partial charge in [-0.25, -0.2) is 4.39 Å². The van der Waals surface area contributed by atoms with Crippen molar-refractivity contribution in [3.05, 3.63) is 35.6 Å². The van der Waals surface area contributed by atoms with Crippen molar-refractivity contribution in [3.8, 4) is 6.07 Å². The van der Waals surface area contributed by atoms with Crippen LogP contribution in [0.25, 0.3) is 0 Å². The number of amides is 2. The first kappa shape index (κ1) is 16.0. The lowest BCUT2D eigenvalue weighted by atomic mass is 10.0. The van der Waals surface area contributed by atoms with Crippen LogP contribution in [0.4, 0.5) is 4.39 Å². The van der Waals surface area contributed by atoms with Crippen LogP contribution in [0.1, 0.15) is 24.8 Å². The Bertz CT molecular complexity index is 589. The number of halogens is 1. The number of likely N-dealkylation sites (tertiary alicyclic amines) is 1. The van der Waals surface area contributed by atoms with Gasteiger partial charge < -0.3 is 10.2 Å². The summed E-state index contributed by atoms with van der Waals surface area (Å²) in [7, 11) is 0. The van der Waals surface area contributed by atoms with Crippen molar-refractivity contribution in [2.75, 3.05) is 13.1 Å². The fourth-order valence-corrected chi connectivity index (χ4v) is 2.56. The van der Waals surface area contributed by atoms with E-state index in [9.17, 15) is 14.0 Å². The maximum atomic E-state index is 13.1. The summed E-state index contributed by atoms with van der Waals surface area (Å²) in [6.45, 7) is 1.12. The van der Waals surface area contributed by atoms with Crippen LogP contribution in [-0.4, -0.2) is 35.8 Å². The first-order chi connectivity index (χ1) is 10.6. The summed E-state index contributed by atoms with van der Waals surface area (Å²) in [6, 6.07) is 7.86. The van der Waals surface area contributed by atoms with Gasteiger partial charge in [-0.05, 0) is 30.5 Å². The van der Waals surface area contributed by atoms with E-state index < -0.39 is 0 Å². The number of nitrogens with one attached hydrogen (secondary N) is 1. The van der Waals surface area contributed by atoms with Crippen LogP contribution in [0.5, 0.6) is 0 Å². The number of hydrogen-bond donors (Lipinski definition) is 1. The van der Waals surface area contributed by atoms with Gasteiger partial charge in [0.05, 0.1) is 12.5 Å². The molecule has 1 aliphatic rings. The number of nitriles is 1. The highest BCUT2D eigenvalue weighted by Gasteiger charge is 2.23. The van der Waals surface area contributed by atoms with Crippen LogP contribution in [0.15, 0.2) is 24.3 Å². The Morgan fingerprint density at radius 3 is 2.73 bits per heavy atom.